The number of hydrogen-bond donors (Lipinski definition) is 2. The first-order valence-corrected chi connectivity index (χ1v) is 6.08. The van der Waals surface area contributed by atoms with Crippen LogP contribution < -0.4 is 5.32 Å². The molecule has 0 unspecified atom stereocenters. The predicted octanol–water partition coefficient (Wildman–Crippen LogP) is 2.47. The Morgan fingerprint density at radius 3 is 2.43 bits per heavy atom. The van der Waals surface area contributed by atoms with E-state index in [1.807, 2.05) is 0 Å². The van der Waals surface area contributed by atoms with E-state index in [4.69, 9.17) is 5.11 Å². The molecule has 5 nitrogen and oxygen atoms in total. The van der Waals surface area contributed by atoms with Gasteiger partial charge in [-0.15, -0.1) is 0 Å². The fourth-order valence-corrected chi connectivity index (χ4v) is 1.58. The molecule has 1 heterocycles. The van der Waals surface area contributed by atoms with E-state index in [0.29, 0.717) is 12.3 Å². The second kappa shape index (κ2) is 6.11. The first kappa shape index (κ1) is 16.9. The highest BCUT2D eigenvalue weighted by atomic mass is 19.4. The van der Waals surface area contributed by atoms with Gasteiger partial charge in [-0.05, 0) is 26.3 Å². The van der Waals surface area contributed by atoms with Crippen LogP contribution in [0.2, 0.25) is 0 Å². The number of halogens is 3. The molecule has 0 spiro atoms. The number of hydrogen-bond acceptors (Lipinski definition) is 3. The average molecular weight is 304 g/mol. The monoisotopic (exact) mass is 304 g/mol. The quantitative estimate of drug-likeness (QED) is 0.876. The first-order chi connectivity index (χ1) is 9.51. The summed E-state index contributed by atoms with van der Waals surface area (Å²) < 4.78 is 37.6. The van der Waals surface area contributed by atoms with Crippen molar-refractivity contribution in [2.24, 2.45) is 0 Å². The summed E-state index contributed by atoms with van der Waals surface area (Å²) >= 11 is 0. The molecule has 0 fully saturated rings. The van der Waals surface area contributed by atoms with Crippen LogP contribution in [0.5, 0.6) is 0 Å². The van der Waals surface area contributed by atoms with E-state index in [9.17, 15) is 22.8 Å². The molecule has 2 N–H and O–H groups in total. The number of carbonyl (C=O) groups excluding carboxylic acids is 1. The summed E-state index contributed by atoms with van der Waals surface area (Å²) in [5, 5.41) is 11.1. The molecule has 21 heavy (non-hydrogen) atoms. The third-order valence-corrected chi connectivity index (χ3v) is 2.74. The van der Waals surface area contributed by atoms with Crippen molar-refractivity contribution in [3.05, 3.63) is 29.6 Å². The Labute approximate surface area is 119 Å². The lowest BCUT2D eigenvalue weighted by atomic mass is 9.98. The first-order valence-electron chi connectivity index (χ1n) is 6.08. The molecule has 0 saturated heterocycles. The molecular weight excluding hydrogens is 289 g/mol. The smallest absolute Gasteiger partial charge is 0.417 e. The molecule has 8 heteroatoms. The maximum Gasteiger partial charge on any atom is 0.417 e. The highest BCUT2D eigenvalue weighted by molar-refractivity contribution is 5.94. The van der Waals surface area contributed by atoms with Gasteiger partial charge < -0.3 is 10.4 Å². The zero-order valence-electron chi connectivity index (χ0n) is 11.5. The molecule has 0 aromatic carbocycles. The number of carboxylic acid groups (broad SMARTS) is 1. The van der Waals surface area contributed by atoms with Crippen LogP contribution in [0.3, 0.4) is 0 Å². The lowest BCUT2D eigenvalue weighted by Gasteiger charge is -2.25. The van der Waals surface area contributed by atoms with Crippen LogP contribution in [0.15, 0.2) is 18.5 Å². The molecule has 0 aliphatic heterocycles. The summed E-state index contributed by atoms with van der Waals surface area (Å²) in [4.78, 5) is 25.8. The zero-order chi connectivity index (χ0) is 16.3. The van der Waals surface area contributed by atoms with Gasteiger partial charge in [0.05, 0.1) is 11.1 Å². The molecule has 1 aromatic rings. The number of amides is 1. The largest absolute Gasteiger partial charge is 0.481 e. The molecule has 0 aliphatic rings. The topological polar surface area (TPSA) is 79.3 Å². The van der Waals surface area contributed by atoms with E-state index < -0.39 is 29.2 Å². The van der Waals surface area contributed by atoms with Gasteiger partial charge in [-0.25, -0.2) is 0 Å². The van der Waals surface area contributed by atoms with Crippen molar-refractivity contribution in [2.75, 3.05) is 0 Å². The molecular formula is C13H15F3N2O3. The van der Waals surface area contributed by atoms with Crippen molar-refractivity contribution in [3.8, 4) is 0 Å². The fourth-order valence-electron chi connectivity index (χ4n) is 1.58. The molecule has 0 bridgehead atoms. The standard InChI is InChI=1S/C13H15F3N2O3/c1-12(2,4-3-10(19)20)18-11(21)8-5-9(7-17-6-8)13(14,15)16/h5-7H,3-4H2,1-2H3,(H,18,21)(H,19,20). The minimum atomic E-state index is -4.58. The maximum absolute atomic E-state index is 12.5. The molecule has 0 aliphatic carbocycles. The molecule has 0 atom stereocenters. The number of aromatic nitrogens is 1. The van der Waals surface area contributed by atoms with Crippen molar-refractivity contribution in [3.63, 3.8) is 0 Å². The summed E-state index contributed by atoms with van der Waals surface area (Å²) in [7, 11) is 0. The van der Waals surface area contributed by atoms with E-state index >= 15 is 0 Å². The van der Waals surface area contributed by atoms with Gasteiger partial charge in [0.15, 0.2) is 0 Å². The van der Waals surface area contributed by atoms with Crippen LogP contribution in [-0.2, 0) is 11.0 Å². The van der Waals surface area contributed by atoms with Crippen LogP contribution in [0.1, 0.15) is 42.6 Å². The molecule has 116 valence electrons. The number of carboxylic acids is 1. The molecule has 0 saturated carbocycles. The van der Waals surface area contributed by atoms with Gasteiger partial charge in [-0.2, -0.15) is 13.2 Å². The second-order valence-corrected chi connectivity index (χ2v) is 5.19. The Kier molecular flexibility index (Phi) is 4.93. The lowest BCUT2D eigenvalue weighted by Crippen LogP contribution is -2.43. The minimum absolute atomic E-state index is 0.153. The van der Waals surface area contributed by atoms with Gasteiger partial charge in [0, 0.05) is 24.4 Å². The highest BCUT2D eigenvalue weighted by Gasteiger charge is 2.32. The summed E-state index contributed by atoms with van der Waals surface area (Å²) in [6.07, 6.45) is -2.93. The van der Waals surface area contributed by atoms with Gasteiger partial charge in [0.2, 0.25) is 0 Å². The van der Waals surface area contributed by atoms with Gasteiger partial charge in [0.25, 0.3) is 5.91 Å². The van der Waals surface area contributed by atoms with Crippen molar-refractivity contribution >= 4 is 11.9 Å². The van der Waals surface area contributed by atoms with E-state index in [2.05, 4.69) is 10.3 Å². The lowest BCUT2D eigenvalue weighted by molar-refractivity contribution is -0.138. The number of rotatable bonds is 5. The van der Waals surface area contributed by atoms with Gasteiger partial charge >= 0.3 is 12.1 Å². The number of nitrogens with one attached hydrogen (secondary N) is 1. The molecule has 1 rings (SSSR count). The number of nitrogens with zero attached hydrogens (tertiary/aromatic N) is 1. The predicted molar refractivity (Wildman–Crippen MR) is 67.7 cm³/mol. The van der Waals surface area contributed by atoms with Crippen molar-refractivity contribution in [1.29, 1.82) is 0 Å². The van der Waals surface area contributed by atoms with E-state index in [-0.39, 0.29) is 18.4 Å². The zero-order valence-corrected chi connectivity index (χ0v) is 11.5. The van der Waals surface area contributed by atoms with E-state index in [0.717, 1.165) is 6.20 Å². The van der Waals surface area contributed by atoms with Crippen LogP contribution in [0.25, 0.3) is 0 Å². The fraction of sp³-hybridized carbons (Fsp3) is 0.462. The highest BCUT2D eigenvalue weighted by Crippen LogP contribution is 2.29. The van der Waals surface area contributed by atoms with Gasteiger partial charge in [-0.1, -0.05) is 0 Å². The van der Waals surface area contributed by atoms with Crippen LogP contribution in [-0.4, -0.2) is 27.5 Å². The number of pyridine rings is 1. The average Bonchev–Trinajstić information content (AvgIpc) is 2.35. The summed E-state index contributed by atoms with van der Waals surface area (Å²) in [5.41, 5.74) is -2.10. The number of alkyl halides is 3. The third-order valence-electron chi connectivity index (χ3n) is 2.74. The van der Waals surface area contributed by atoms with E-state index in [1.165, 1.54) is 0 Å². The summed E-state index contributed by atoms with van der Waals surface area (Å²) in [6.45, 7) is 3.18. The maximum atomic E-state index is 12.5. The molecule has 1 amide bonds. The Balaban J connectivity index is 2.82. The Morgan fingerprint density at radius 2 is 1.90 bits per heavy atom. The summed E-state index contributed by atoms with van der Waals surface area (Å²) in [6, 6.07) is 0.704. The van der Waals surface area contributed by atoms with E-state index in [1.54, 1.807) is 13.8 Å². The Hall–Kier alpha value is -2.12. The normalized spacial score (nSPS) is 12.0. The number of aliphatic carboxylic acids is 1. The van der Waals surface area contributed by atoms with Crippen LogP contribution in [0.4, 0.5) is 13.2 Å². The van der Waals surface area contributed by atoms with Crippen molar-refractivity contribution in [2.45, 2.75) is 38.4 Å². The SMILES string of the molecule is CC(C)(CCC(=O)O)NC(=O)c1cncc(C(F)(F)F)c1. The molecule has 0 radical (unpaired) electrons. The Morgan fingerprint density at radius 1 is 1.29 bits per heavy atom. The summed E-state index contributed by atoms with van der Waals surface area (Å²) in [5.74, 6) is -1.75. The van der Waals surface area contributed by atoms with Crippen molar-refractivity contribution < 1.29 is 27.9 Å². The van der Waals surface area contributed by atoms with Crippen molar-refractivity contribution in [1.82, 2.24) is 10.3 Å². The second-order valence-electron chi connectivity index (χ2n) is 5.19. The molecule has 1 aromatic heterocycles. The number of carbonyl (C=O) groups is 2. The Bertz CT molecular complexity index is 542. The van der Waals surface area contributed by atoms with Gasteiger partial charge in [0.1, 0.15) is 0 Å². The van der Waals surface area contributed by atoms with Crippen LogP contribution >= 0.6 is 0 Å². The third kappa shape index (κ3) is 5.41. The van der Waals surface area contributed by atoms with Gasteiger partial charge in [-0.3, -0.25) is 14.6 Å². The van der Waals surface area contributed by atoms with Crippen LogP contribution in [0, 0.1) is 0 Å². The minimum Gasteiger partial charge on any atom is -0.481 e.